The number of carbonyl (C=O) groups excluding carboxylic acids is 1. The molecule has 0 saturated carbocycles. The molecule has 2 rings (SSSR count). The molecule has 0 radical (unpaired) electrons. The molecule has 0 aliphatic rings. The fourth-order valence-corrected chi connectivity index (χ4v) is 1.45. The highest BCUT2D eigenvalue weighted by atomic mass is 16.1. The van der Waals surface area contributed by atoms with E-state index in [4.69, 9.17) is 0 Å². The molecule has 4 heteroatoms. The average molecular weight is 201 g/mol. The molecule has 0 aliphatic heterocycles. The summed E-state index contributed by atoms with van der Waals surface area (Å²) in [6, 6.07) is 5.55. The number of imidazole rings is 1. The van der Waals surface area contributed by atoms with Gasteiger partial charge >= 0.3 is 0 Å². The minimum absolute atomic E-state index is 0.561. The monoisotopic (exact) mass is 201 g/mol. The third-order valence-corrected chi connectivity index (χ3v) is 2.38. The number of hydrogen-bond donors (Lipinski definition) is 0. The van der Waals surface area contributed by atoms with Crippen LogP contribution in [-0.4, -0.2) is 20.8 Å². The maximum atomic E-state index is 10.9. The number of aldehydes is 1. The Labute approximate surface area is 87.6 Å². The van der Waals surface area contributed by atoms with Crippen LogP contribution in [0.25, 0.3) is 11.4 Å². The van der Waals surface area contributed by atoms with Crippen molar-refractivity contribution in [2.24, 2.45) is 7.05 Å². The molecular weight excluding hydrogens is 190 g/mol. The summed E-state index contributed by atoms with van der Waals surface area (Å²) in [5.41, 5.74) is 1.93. The Kier molecular flexibility index (Phi) is 2.33. The summed E-state index contributed by atoms with van der Waals surface area (Å²) in [6.07, 6.45) is 2.50. The molecule has 0 aromatic carbocycles. The zero-order valence-electron chi connectivity index (χ0n) is 8.64. The lowest BCUT2D eigenvalue weighted by Crippen LogP contribution is -1.97. The van der Waals surface area contributed by atoms with Gasteiger partial charge in [0.1, 0.15) is 17.2 Å². The Bertz CT molecular complexity index is 488. The molecule has 0 saturated heterocycles. The molecule has 0 unspecified atom stereocenters. The molecule has 2 aromatic heterocycles. The molecule has 0 N–H and O–H groups in total. The zero-order chi connectivity index (χ0) is 10.8. The Balaban J connectivity index is 2.63. The SMILES string of the molecule is Cc1nc(-c2ccccn2)c(C=O)n1C. The fraction of sp³-hybridized carbons (Fsp3) is 0.182. The summed E-state index contributed by atoms with van der Waals surface area (Å²) in [5.74, 6) is 0.803. The van der Waals surface area contributed by atoms with E-state index >= 15 is 0 Å². The largest absolute Gasteiger partial charge is 0.329 e. The van der Waals surface area contributed by atoms with E-state index in [1.165, 1.54) is 0 Å². The van der Waals surface area contributed by atoms with Crippen LogP contribution in [0.2, 0.25) is 0 Å². The van der Waals surface area contributed by atoms with E-state index in [2.05, 4.69) is 9.97 Å². The maximum Gasteiger partial charge on any atom is 0.168 e. The van der Waals surface area contributed by atoms with Crippen LogP contribution in [0.3, 0.4) is 0 Å². The Morgan fingerprint density at radius 2 is 2.20 bits per heavy atom. The first kappa shape index (κ1) is 9.58. The van der Waals surface area contributed by atoms with E-state index in [0.29, 0.717) is 11.4 Å². The minimum Gasteiger partial charge on any atom is -0.329 e. The van der Waals surface area contributed by atoms with E-state index in [1.807, 2.05) is 32.2 Å². The number of aromatic nitrogens is 3. The average Bonchev–Trinajstić information content (AvgIpc) is 2.56. The van der Waals surface area contributed by atoms with Crippen LogP contribution in [0.15, 0.2) is 24.4 Å². The normalized spacial score (nSPS) is 10.3. The van der Waals surface area contributed by atoms with Crippen molar-refractivity contribution in [2.75, 3.05) is 0 Å². The topological polar surface area (TPSA) is 47.8 Å². The molecule has 15 heavy (non-hydrogen) atoms. The second kappa shape index (κ2) is 3.65. The molecule has 4 nitrogen and oxygen atoms in total. The summed E-state index contributed by atoms with van der Waals surface area (Å²) in [5, 5.41) is 0. The van der Waals surface area contributed by atoms with Gasteiger partial charge in [0.05, 0.1) is 5.69 Å². The second-order valence-electron chi connectivity index (χ2n) is 3.28. The van der Waals surface area contributed by atoms with Crippen molar-refractivity contribution in [3.05, 3.63) is 35.9 Å². The standard InChI is InChI=1S/C11H11N3O/c1-8-13-11(10(7-15)14(8)2)9-5-3-4-6-12-9/h3-7H,1-2H3. The number of rotatable bonds is 2. The molecule has 0 atom stereocenters. The van der Waals surface area contributed by atoms with Crippen molar-refractivity contribution in [3.63, 3.8) is 0 Å². The highest BCUT2D eigenvalue weighted by Crippen LogP contribution is 2.19. The molecule has 0 amide bonds. The van der Waals surface area contributed by atoms with Crippen LogP contribution in [0.4, 0.5) is 0 Å². The van der Waals surface area contributed by atoms with E-state index in [1.54, 1.807) is 10.8 Å². The van der Waals surface area contributed by atoms with Gasteiger partial charge in [-0.3, -0.25) is 9.78 Å². The molecular formula is C11H11N3O. The van der Waals surface area contributed by atoms with Crippen LogP contribution in [-0.2, 0) is 7.05 Å². The van der Waals surface area contributed by atoms with Crippen molar-refractivity contribution in [2.45, 2.75) is 6.92 Å². The first-order valence-electron chi connectivity index (χ1n) is 4.64. The zero-order valence-corrected chi connectivity index (χ0v) is 8.64. The number of aryl methyl sites for hydroxylation is 1. The van der Waals surface area contributed by atoms with Crippen LogP contribution >= 0.6 is 0 Å². The Morgan fingerprint density at radius 3 is 2.80 bits per heavy atom. The van der Waals surface area contributed by atoms with Crippen molar-refractivity contribution in [1.29, 1.82) is 0 Å². The second-order valence-corrected chi connectivity index (χ2v) is 3.28. The first-order chi connectivity index (χ1) is 7.24. The van der Waals surface area contributed by atoms with Gasteiger partial charge in [-0.1, -0.05) is 6.07 Å². The third-order valence-electron chi connectivity index (χ3n) is 2.38. The van der Waals surface area contributed by atoms with Gasteiger partial charge in [-0.2, -0.15) is 0 Å². The van der Waals surface area contributed by atoms with Crippen molar-refractivity contribution in [1.82, 2.24) is 14.5 Å². The summed E-state index contributed by atoms with van der Waals surface area (Å²) in [4.78, 5) is 19.4. The van der Waals surface area contributed by atoms with E-state index in [-0.39, 0.29) is 0 Å². The first-order valence-corrected chi connectivity index (χ1v) is 4.64. The maximum absolute atomic E-state index is 10.9. The van der Waals surface area contributed by atoms with Crippen LogP contribution in [0.1, 0.15) is 16.3 Å². The van der Waals surface area contributed by atoms with Crippen LogP contribution in [0, 0.1) is 6.92 Å². The van der Waals surface area contributed by atoms with Gasteiger partial charge in [0.25, 0.3) is 0 Å². The molecule has 0 aliphatic carbocycles. The molecule has 0 spiro atoms. The van der Waals surface area contributed by atoms with E-state index < -0.39 is 0 Å². The molecule has 2 heterocycles. The highest BCUT2D eigenvalue weighted by molar-refractivity contribution is 5.82. The lowest BCUT2D eigenvalue weighted by Gasteiger charge is -1.97. The summed E-state index contributed by atoms with van der Waals surface area (Å²) < 4.78 is 1.76. The van der Waals surface area contributed by atoms with E-state index in [0.717, 1.165) is 17.8 Å². The Hall–Kier alpha value is -1.97. The lowest BCUT2D eigenvalue weighted by atomic mass is 10.2. The smallest absolute Gasteiger partial charge is 0.168 e. The predicted molar refractivity (Wildman–Crippen MR) is 56.6 cm³/mol. The van der Waals surface area contributed by atoms with Gasteiger partial charge in [0, 0.05) is 13.2 Å². The van der Waals surface area contributed by atoms with Gasteiger partial charge in [-0.25, -0.2) is 4.98 Å². The summed E-state index contributed by atoms with van der Waals surface area (Å²) in [7, 11) is 1.82. The summed E-state index contributed by atoms with van der Waals surface area (Å²) >= 11 is 0. The molecule has 0 fully saturated rings. The Morgan fingerprint density at radius 1 is 1.40 bits per heavy atom. The summed E-state index contributed by atoms with van der Waals surface area (Å²) in [6.45, 7) is 1.86. The van der Waals surface area contributed by atoms with Gasteiger partial charge in [0.2, 0.25) is 0 Å². The van der Waals surface area contributed by atoms with Gasteiger partial charge in [-0.15, -0.1) is 0 Å². The highest BCUT2D eigenvalue weighted by Gasteiger charge is 2.13. The molecule has 76 valence electrons. The fourth-order valence-electron chi connectivity index (χ4n) is 1.45. The third kappa shape index (κ3) is 1.54. The number of hydrogen-bond acceptors (Lipinski definition) is 3. The molecule has 2 aromatic rings. The number of pyridine rings is 1. The van der Waals surface area contributed by atoms with Gasteiger partial charge < -0.3 is 4.57 Å². The van der Waals surface area contributed by atoms with Gasteiger partial charge in [0.15, 0.2) is 6.29 Å². The van der Waals surface area contributed by atoms with Crippen LogP contribution in [0.5, 0.6) is 0 Å². The number of carbonyl (C=O) groups is 1. The quantitative estimate of drug-likeness (QED) is 0.693. The predicted octanol–water partition coefficient (Wildman–Crippen LogP) is 1.60. The van der Waals surface area contributed by atoms with Gasteiger partial charge in [-0.05, 0) is 19.1 Å². The van der Waals surface area contributed by atoms with Crippen molar-refractivity contribution < 1.29 is 4.79 Å². The number of nitrogens with zero attached hydrogens (tertiary/aromatic N) is 3. The lowest BCUT2D eigenvalue weighted by molar-refractivity contribution is 0.111. The van der Waals surface area contributed by atoms with E-state index in [9.17, 15) is 4.79 Å². The van der Waals surface area contributed by atoms with Crippen molar-refractivity contribution >= 4 is 6.29 Å². The molecule has 0 bridgehead atoms. The van der Waals surface area contributed by atoms with Crippen LogP contribution < -0.4 is 0 Å². The minimum atomic E-state index is 0.561. The van der Waals surface area contributed by atoms with Crippen molar-refractivity contribution in [3.8, 4) is 11.4 Å².